The molecule has 0 bridgehead atoms. The van der Waals surface area contributed by atoms with Gasteiger partial charge in [0.05, 0.1) is 7.11 Å². The van der Waals surface area contributed by atoms with Crippen molar-refractivity contribution >= 4 is 5.97 Å². The molecule has 4 heteroatoms. The van der Waals surface area contributed by atoms with Gasteiger partial charge in [0.15, 0.2) is 0 Å². The van der Waals surface area contributed by atoms with E-state index in [1.54, 1.807) is 0 Å². The van der Waals surface area contributed by atoms with Crippen LogP contribution in [0, 0.1) is 0 Å². The lowest BCUT2D eigenvalue weighted by Crippen LogP contribution is -2.45. The molecule has 0 aliphatic rings. The van der Waals surface area contributed by atoms with Gasteiger partial charge in [-0.05, 0) is 32.4 Å². The zero-order valence-electron chi connectivity index (χ0n) is 12.0. The maximum atomic E-state index is 11.3. The highest BCUT2D eigenvalue weighted by atomic mass is 16.5. The minimum Gasteiger partial charge on any atom is -0.468 e. The van der Waals surface area contributed by atoms with Crippen molar-refractivity contribution in [3.05, 3.63) is 35.9 Å². The lowest BCUT2D eigenvalue weighted by atomic mass is 10.1. The van der Waals surface area contributed by atoms with Crippen molar-refractivity contribution in [3.63, 3.8) is 0 Å². The van der Waals surface area contributed by atoms with Crippen LogP contribution in [0.5, 0.6) is 0 Å². The van der Waals surface area contributed by atoms with E-state index in [9.17, 15) is 4.79 Å². The summed E-state index contributed by atoms with van der Waals surface area (Å²) in [7, 11) is 1.41. The molecule has 4 nitrogen and oxygen atoms in total. The van der Waals surface area contributed by atoms with Crippen molar-refractivity contribution in [1.82, 2.24) is 10.6 Å². The van der Waals surface area contributed by atoms with Gasteiger partial charge in [0, 0.05) is 12.6 Å². The molecule has 0 amide bonds. The number of methoxy groups -OCH3 is 1. The highest BCUT2D eigenvalue weighted by molar-refractivity contribution is 5.75. The van der Waals surface area contributed by atoms with Crippen LogP contribution in [0.1, 0.15) is 19.4 Å². The van der Waals surface area contributed by atoms with E-state index >= 15 is 0 Å². The molecule has 2 atom stereocenters. The topological polar surface area (TPSA) is 50.4 Å². The number of carbonyl (C=O) groups is 1. The first-order valence-electron chi connectivity index (χ1n) is 6.72. The SMILES string of the molecule is COC(=O)[C@H](C)N[C@@H](C)CNCCc1ccccc1. The Morgan fingerprint density at radius 2 is 1.95 bits per heavy atom. The molecular formula is C15H24N2O2. The van der Waals surface area contributed by atoms with Crippen LogP contribution in [0.3, 0.4) is 0 Å². The normalized spacial score (nSPS) is 13.8. The third-order valence-electron chi connectivity index (χ3n) is 2.97. The van der Waals surface area contributed by atoms with E-state index in [1.807, 2.05) is 13.0 Å². The molecular weight excluding hydrogens is 240 g/mol. The van der Waals surface area contributed by atoms with Crippen LogP contribution >= 0.6 is 0 Å². The van der Waals surface area contributed by atoms with Crippen molar-refractivity contribution in [1.29, 1.82) is 0 Å². The Morgan fingerprint density at radius 3 is 2.58 bits per heavy atom. The fraction of sp³-hybridized carbons (Fsp3) is 0.533. The van der Waals surface area contributed by atoms with E-state index in [2.05, 4.69) is 46.6 Å². The molecule has 0 aromatic heterocycles. The summed E-state index contributed by atoms with van der Waals surface area (Å²) in [6, 6.07) is 10.3. The summed E-state index contributed by atoms with van der Waals surface area (Å²) < 4.78 is 4.67. The van der Waals surface area contributed by atoms with Gasteiger partial charge in [0.25, 0.3) is 0 Å². The molecule has 1 rings (SSSR count). The molecule has 2 N–H and O–H groups in total. The van der Waals surface area contributed by atoms with Crippen molar-refractivity contribution in [3.8, 4) is 0 Å². The Morgan fingerprint density at radius 1 is 1.26 bits per heavy atom. The number of hydrogen-bond donors (Lipinski definition) is 2. The van der Waals surface area contributed by atoms with Crippen LogP contribution in [-0.2, 0) is 16.0 Å². The maximum Gasteiger partial charge on any atom is 0.322 e. The van der Waals surface area contributed by atoms with E-state index in [4.69, 9.17) is 0 Å². The fourth-order valence-corrected chi connectivity index (χ4v) is 1.93. The summed E-state index contributed by atoms with van der Waals surface area (Å²) in [5.41, 5.74) is 1.33. The lowest BCUT2D eigenvalue weighted by molar-refractivity contribution is -0.142. The fourth-order valence-electron chi connectivity index (χ4n) is 1.93. The highest BCUT2D eigenvalue weighted by Crippen LogP contribution is 1.98. The standard InChI is InChI=1S/C15H24N2O2/c1-12(17-13(2)15(18)19-3)11-16-10-9-14-7-5-4-6-8-14/h4-8,12-13,16-17H,9-11H2,1-3H3/t12-,13-/m0/s1. The molecule has 0 aliphatic heterocycles. The van der Waals surface area contributed by atoms with Crippen LogP contribution < -0.4 is 10.6 Å². The van der Waals surface area contributed by atoms with Gasteiger partial charge in [-0.25, -0.2) is 0 Å². The first-order valence-corrected chi connectivity index (χ1v) is 6.72. The molecule has 1 aromatic carbocycles. The average molecular weight is 264 g/mol. The van der Waals surface area contributed by atoms with E-state index in [1.165, 1.54) is 12.7 Å². The van der Waals surface area contributed by atoms with Crippen LogP contribution in [0.4, 0.5) is 0 Å². The lowest BCUT2D eigenvalue weighted by Gasteiger charge is -2.18. The van der Waals surface area contributed by atoms with Gasteiger partial charge in [-0.15, -0.1) is 0 Å². The number of benzene rings is 1. The molecule has 0 fully saturated rings. The first kappa shape index (κ1) is 15.7. The zero-order valence-corrected chi connectivity index (χ0v) is 12.0. The molecule has 0 saturated carbocycles. The molecule has 19 heavy (non-hydrogen) atoms. The smallest absolute Gasteiger partial charge is 0.322 e. The summed E-state index contributed by atoms with van der Waals surface area (Å²) in [5.74, 6) is -0.226. The average Bonchev–Trinajstić information content (AvgIpc) is 2.43. The van der Waals surface area contributed by atoms with Gasteiger partial charge in [-0.3, -0.25) is 4.79 Å². The van der Waals surface area contributed by atoms with Crippen molar-refractivity contribution in [2.75, 3.05) is 20.2 Å². The minimum absolute atomic E-state index is 0.226. The number of rotatable bonds is 8. The number of carbonyl (C=O) groups excluding carboxylic acids is 1. The van der Waals surface area contributed by atoms with Crippen LogP contribution in [0.2, 0.25) is 0 Å². The van der Waals surface area contributed by atoms with E-state index in [0.717, 1.165) is 19.5 Å². The Bertz CT molecular complexity index is 368. The van der Waals surface area contributed by atoms with E-state index < -0.39 is 0 Å². The van der Waals surface area contributed by atoms with Crippen molar-refractivity contribution < 1.29 is 9.53 Å². The third-order valence-corrected chi connectivity index (χ3v) is 2.97. The molecule has 0 unspecified atom stereocenters. The summed E-state index contributed by atoms with van der Waals surface area (Å²) >= 11 is 0. The quantitative estimate of drug-likeness (QED) is 0.550. The Labute approximate surface area is 115 Å². The van der Waals surface area contributed by atoms with Crippen LogP contribution in [-0.4, -0.2) is 38.3 Å². The number of nitrogens with one attached hydrogen (secondary N) is 2. The first-order chi connectivity index (χ1) is 9.13. The predicted octanol–water partition coefficient (Wildman–Crippen LogP) is 1.36. The second-order valence-electron chi connectivity index (χ2n) is 4.75. The summed E-state index contributed by atoms with van der Waals surface area (Å²) in [6.45, 7) is 5.62. The molecule has 0 spiro atoms. The molecule has 0 saturated heterocycles. The van der Waals surface area contributed by atoms with Crippen molar-refractivity contribution in [2.24, 2.45) is 0 Å². The number of ether oxygens (including phenoxy) is 1. The monoisotopic (exact) mass is 264 g/mol. The van der Waals surface area contributed by atoms with Crippen LogP contribution in [0.25, 0.3) is 0 Å². The predicted molar refractivity (Wildman–Crippen MR) is 77.1 cm³/mol. The summed E-state index contributed by atoms with van der Waals surface area (Å²) in [4.78, 5) is 11.3. The second-order valence-corrected chi connectivity index (χ2v) is 4.75. The van der Waals surface area contributed by atoms with Gasteiger partial charge >= 0.3 is 5.97 Å². The number of esters is 1. The Balaban J connectivity index is 2.13. The molecule has 0 aliphatic carbocycles. The zero-order chi connectivity index (χ0) is 14.1. The van der Waals surface area contributed by atoms with Gasteiger partial charge in [-0.2, -0.15) is 0 Å². The van der Waals surface area contributed by atoms with Crippen molar-refractivity contribution in [2.45, 2.75) is 32.4 Å². The summed E-state index contributed by atoms with van der Waals surface area (Å²) in [6.07, 6.45) is 1.01. The Kier molecular flexibility index (Phi) is 7.15. The minimum atomic E-state index is -0.268. The van der Waals surface area contributed by atoms with Gasteiger partial charge < -0.3 is 15.4 Å². The van der Waals surface area contributed by atoms with Gasteiger partial charge in [-0.1, -0.05) is 30.3 Å². The highest BCUT2D eigenvalue weighted by Gasteiger charge is 2.14. The molecule has 0 heterocycles. The third kappa shape index (κ3) is 6.36. The maximum absolute atomic E-state index is 11.3. The van der Waals surface area contributed by atoms with E-state index in [-0.39, 0.29) is 18.1 Å². The number of hydrogen-bond acceptors (Lipinski definition) is 4. The van der Waals surface area contributed by atoms with Crippen LogP contribution in [0.15, 0.2) is 30.3 Å². The van der Waals surface area contributed by atoms with Gasteiger partial charge in [0.1, 0.15) is 6.04 Å². The van der Waals surface area contributed by atoms with Gasteiger partial charge in [0.2, 0.25) is 0 Å². The summed E-state index contributed by atoms with van der Waals surface area (Å²) in [5, 5.41) is 6.57. The molecule has 106 valence electrons. The molecule has 1 aromatic rings. The Hall–Kier alpha value is -1.39. The largest absolute Gasteiger partial charge is 0.468 e. The molecule has 0 radical (unpaired) electrons. The van der Waals surface area contributed by atoms with E-state index in [0.29, 0.717) is 0 Å². The second kappa shape index (κ2) is 8.67.